The first-order valence-electron chi connectivity index (χ1n) is 8.05. The Labute approximate surface area is 146 Å². The lowest BCUT2D eigenvalue weighted by Gasteiger charge is -2.11. The van der Waals surface area contributed by atoms with E-state index in [-0.39, 0.29) is 17.9 Å². The average molecular weight is 340 g/mol. The Morgan fingerprint density at radius 3 is 2.24 bits per heavy atom. The fraction of sp³-hybridized carbons (Fsp3) is 0.263. The molecule has 1 fully saturated rings. The van der Waals surface area contributed by atoms with E-state index in [1.165, 1.54) is 7.11 Å². The molecule has 1 saturated carbocycles. The van der Waals surface area contributed by atoms with E-state index < -0.39 is 0 Å². The van der Waals surface area contributed by atoms with Gasteiger partial charge in [-0.05, 0) is 43.2 Å². The number of hydrogen-bond donors (Lipinski definition) is 2. The summed E-state index contributed by atoms with van der Waals surface area (Å²) in [6.07, 6.45) is 2.04. The van der Waals surface area contributed by atoms with Crippen molar-refractivity contribution in [2.24, 2.45) is 0 Å². The average Bonchev–Trinajstić information content (AvgIpc) is 3.45. The minimum atomic E-state index is -0.298. The van der Waals surface area contributed by atoms with Crippen LogP contribution in [-0.4, -0.2) is 32.1 Å². The number of carbonyl (C=O) groups excluding carboxylic acids is 2. The summed E-state index contributed by atoms with van der Waals surface area (Å²) >= 11 is 0. The topological polar surface area (TPSA) is 76.7 Å². The maximum atomic E-state index is 12.5. The molecule has 2 amide bonds. The summed E-state index contributed by atoms with van der Waals surface area (Å²) in [5, 5.41) is 5.71. The SMILES string of the molecule is COc1ccc(NC(=O)c2cccc(C(=O)NC3CC3)c2)cc1OC. The lowest BCUT2D eigenvalue weighted by atomic mass is 10.1. The molecule has 0 radical (unpaired) electrons. The standard InChI is InChI=1S/C19H20N2O4/c1-24-16-9-8-15(11-17(16)25-2)21-19(23)13-5-3-4-12(10-13)18(22)20-14-6-7-14/h3-5,8-11,14H,6-7H2,1-2H3,(H,20,22)(H,21,23). The summed E-state index contributed by atoms with van der Waals surface area (Å²) in [6.45, 7) is 0. The third-order valence-corrected chi connectivity index (χ3v) is 3.94. The zero-order valence-electron chi connectivity index (χ0n) is 14.2. The molecule has 6 nitrogen and oxygen atoms in total. The summed E-state index contributed by atoms with van der Waals surface area (Å²) in [4.78, 5) is 24.6. The predicted molar refractivity (Wildman–Crippen MR) is 94.4 cm³/mol. The first-order valence-corrected chi connectivity index (χ1v) is 8.05. The molecule has 2 N–H and O–H groups in total. The smallest absolute Gasteiger partial charge is 0.255 e. The van der Waals surface area contributed by atoms with E-state index in [0.717, 1.165) is 12.8 Å². The van der Waals surface area contributed by atoms with Crippen molar-refractivity contribution in [3.63, 3.8) is 0 Å². The highest BCUT2D eigenvalue weighted by Gasteiger charge is 2.24. The van der Waals surface area contributed by atoms with E-state index >= 15 is 0 Å². The predicted octanol–water partition coefficient (Wildman–Crippen LogP) is 2.85. The van der Waals surface area contributed by atoms with Crippen molar-refractivity contribution in [1.82, 2.24) is 5.32 Å². The van der Waals surface area contributed by atoms with Gasteiger partial charge in [0.05, 0.1) is 14.2 Å². The van der Waals surface area contributed by atoms with E-state index in [1.807, 2.05) is 0 Å². The van der Waals surface area contributed by atoms with Crippen molar-refractivity contribution < 1.29 is 19.1 Å². The molecule has 1 aliphatic rings. The van der Waals surface area contributed by atoms with Gasteiger partial charge in [0.15, 0.2) is 11.5 Å². The van der Waals surface area contributed by atoms with Crippen LogP contribution in [0.2, 0.25) is 0 Å². The summed E-state index contributed by atoms with van der Waals surface area (Å²) in [7, 11) is 3.08. The fourth-order valence-corrected chi connectivity index (χ4v) is 2.42. The van der Waals surface area contributed by atoms with E-state index in [2.05, 4.69) is 10.6 Å². The largest absolute Gasteiger partial charge is 0.493 e. The molecule has 0 heterocycles. The zero-order chi connectivity index (χ0) is 17.8. The summed E-state index contributed by atoms with van der Waals surface area (Å²) in [5.41, 5.74) is 1.47. The van der Waals surface area contributed by atoms with Crippen LogP contribution >= 0.6 is 0 Å². The lowest BCUT2D eigenvalue weighted by molar-refractivity contribution is 0.0951. The van der Waals surface area contributed by atoms with E-state index in [9.17, 15) is 9.59 Å². The Hall–Kier alpha value is -3.02. The van der Waals surface area contributed by atoms with Crippen molar-refractivity contribution in [3.8, 4) is 11.5 Å². The summed E-state index contributed by atoms with van der Waals surface area (Å²) in [6, 6.07) is 12.1. The first kappa shape index (κ1) is 16.8. The lowest BCUT2D eigenvalue weighted by Crippen LogP contribution is -2.25. The maximum Gasteiger partial charge on any atom is 0.255 e. The number of carbonyl (C=O) groups is 2. The minimum Gasteiger partial charge on any atom is -0.493 e. The Kier molecular flexibility index (Phi) is 4.88. The van der Waals surface area contributed by atoms with E-state index in [4.69, 9.17) is 9.47 Å². The van der Waals surface area contributed by atoms with Crippen molar-refractivity contribution in [2.75, 3.05) is 19.5 Å². The van der Waals surface area contributed by atoms with Crippen LogP contribution in [0, 0.1) is 0 Å². The van der Waals surface area contributed by atoms with Crippen LogP contribution in [0.15, 0.2) is 42.5 Å². The Bertz CT molecular complexity index is 800. The molecular weight excluding hydrogens is 320 g/mol. The Morgan fingerprint density at radius 2 is 1.60 bits per heavy atom. The molecule has 0 spiro atoms. The zero-order valence-corrected chi connectivity index (χ0v) is 14.2. The second kappa shape index (κ2) is 7.25. The molecule has 0 unspecified atom stereocenters. The summed E-state index contributed by atoms with van der Waals surface area (Å²) < 4.78 is 10.4. The maximum absolute atomic E-state index is 12.5. The van der Waals surface area contributed by atoms with Gasteiger partial charge in [0, 0.05) is 28.9 Å². The van der Waals surface area contributed by atoms with Crippen molar-refractivity contribution in [2.45, 2.75) is 18.9 Å². The molecule has 0 saturated heterocycles. The van der Waals surface area contributed by atoms with E-state index in [1.54, 1.807) is 49.6 Å². The van der Waals surface area contributed by atoms with Gasteiger partial charge < -0.3 is 20.1 Å². The molecule has 2 aromatic rings. The number of hydrogen-bond acceptors (Lipinski definition) is 4. The van der Waals surface area contributed by atoms with Crippen molar-refractivity contribution in [1.29, 1.82) is 0 Å². The van der Waals surface area contributed by atoms with Gasteiger partial charge in [-0.2, -0.15) is 0 Å². The molecule has 1 aliphatic carbocycles. The normalized spacial score (nSPS) is 13.0. The number of anilines is 1. The van der Waals surface area contributed by atoms with Gasteiger partial charge >= 0.3 is 0 Å². The highest BCUT2D eigenvalue weighted by Crippen LogP contribution is 2.30. The number of ether oxygens (including phenoxy) is 2. The molecule has 0 aliphatic heterocycles. The van der Waals surface area contributed by atoms with Crippen LogP contribution < -0.4 is 20.1 Å². The number of methoxy groups -OCH3 is 2. The van der Waals surface area contributed by atoms with Gasteiger partial charge in [-0.25, -0.2) is 0 Å². The molecular formula is C19H20N2O4. The molecule has 0 aromatic heterocycles. The number of benzene rings is 2. The van der Waals surface area contributed by atoms with Crippen LogP contribution in [0.3, 0.4) is 0 Å². The fourth-order valence-electron chi connectivity index (χ4n) is 2.42. The van der Waals surface area contributed by atoms with Crippen LogP contribution in [0.4, 0.5) is 5.69 Å². The molecule has 130 valence electrons. The van der Waals surface area contributed by atoms with Gasteiger partial charge in [0.1, 0.15) is 0 Å². The third-order valence-electron chi connectivity index (χ3n) is 3.94. The quantitative estimate of drug-likeness (QED) is 0.848. The summed E-state index contributed by atoms with van der Waals surface area (Å²) in [5.74, 6) is 0.661. The van der Waals surface area contributed by atoms with Gasteiger partial charge in [0.2, 0.25) is 0 Å². The van der Waals surface area contributed by atoms with Crippen LogP contribution in [0.25, 0.3) is 0 Å². The number of rotatable bonds is 6. The second-order valence-electron chi connectivity index (χ2n) is 5.85. The molecule has 2 aromatic carbocycles. The van der Waals surface area contributed by atoms with Crippen LogP contribution in [-0.2, 0) is 0 Å². The van der Waals surface area contributed by atoms with Crippen molar-refractivity contribution >= 4 is 17.5 Å². The molecule has 6 heteroatoms. The number of nitrogens with one attached hydrogen (secondary N) is 2. The molecule has 0 atom stereocenters. The highest BCUT2D eigenvalue weighted by atomic mass is 16.5. The van der Waals surface area contributed by atoms with Gasteiger partial charge in [-0.1, -0.05) is 6.07 Å². The second-order valence-corrected chi connectivity index (χ2v) is 5.85. The van der Waals surface area contributed by atoms with Crippen LogP contribution in [0.1, 0.15) is 33.6 Å². The first-order chi connectivity index (χ1) is 12.1. The Morgan fingerprint density at radius 1 is 0.920 bits per heavy atom. The molecule has 3 rings (SSSR count). The van der Waals surface area contributed by atoms with Crippen LogP contribution in [0.5, 0.6) is 11.5 Å². The van der Waals surface area contributed by atoms with Gasteiger partial charge in [-0.3, -0.25) is 9.59 Å². The van der Waals surface area contributed by atoms with Crippen molar-refractivity contribution in [3.05, 3.63) is 53.6 Å². The Balaban J connectivity index is 1.73. The minimum absolute atomic E-state index is 0.150. The van der Waals surface area contributed by atoms with Gasteiger partial charge in [0.25, 0.3) is 11.8 Å². The molecule has 25 heavy (non-hydrogen) atoms. The molecule has 0 bridgehead atoms. The number of amides is 2. The van der Waals surface area contributed by atoms with Gasteiger partial charge in [-0.15, -0.1) is 0 Å². The third kappa shape index (κ3) is 4.09. The monoisotopic (exact) mass is 340 g/mol. The van der Waals surface area contributed by atoms with E-state index in [0.29, 0.717) is 28.3 Å². The highest BCUT2D eigenvalue weighted by molar-refractivity contribution is 6.06.